The summed E-state index contributed by atoms with van der Waals surface area (Å²) in [6, 6.07) is 3.95. The molecule has 0 aliphatic heterocycles. The lowest BCUT2D eigenvalue weighted by Gasteiger charge is -2.16. The molecule has 0 radical (unpaired) electrons. The topological polar surface area (TPSA) is 80.3 Å². The second-order valence-corrected chi connectivity index (χ2v) is 4.96. The van der Waals surface area contributed by atoms with E-state index in [9.17, 15) is 0 Å². The molecule has 1 unspecified atom stereocenters. The van der Waals surface area contributed by atoms with Crippen LogP contribution in [0.25, 0.3) is 0 Å². The molecule has 0 saturated heterocycles. The van der Waals surface area contributed by atoms with E-state index >= 15 is 0 Å². The Morgan fingerprint density at radius 1 is 1.36 bits per heavy atom. The fourth-order valence-corrected chi connectivity index (χ4v) is 1.92. The zero-order valence-corrected chi connectivity index (χ0v) is 15.9. The third-order valence-electron chi connectivity index (χ3n) is 3.36. The van der Waals surface area contributed by atoms with Crippen molar-refractivity contribution in [1.29, 1.82) is 0 Å². The van der Waals surface area contributed by atoms with Gasteiger partial charge in [-0.2, -0.15) is 0 Å². The van der Waals surface area contributed by atoms with Crippen LogP contribution in [0.1, 0.15) is 36.1 Å². The number of aryl methyl sites for hydroxylation is 2. The second kappa shape index (κ2) is 8.16. The molecule has 8 heteroatoms. The number of guanidine groups is 1. The number of aromatic nitrogens is 3. The number of aliphatic imine (C=N–C) groups is 1. The van der Waals surface area contributed by atoms with Crippen LogP contribution in [0.3, 0.4) is 0 Å². The Morgan fingerprint density at radius 3 is 2.59 bits per heavy atom. The van der Waals surface area contributed by atoms with Crippen molar-refractivity contribution in [1.82, 2.24) is 25.4 Å². The molecule has 122 valence electrons. The van der Waals surface area contributed by atoms with E-state index in [1.165, 1.54) is 0 Å². The lowest BCUT2D eigenvalue weighted by molar-refractivity contribution is 0.441. The van der Waals surface area contributed by atoms with Crippen molar-refractivity contribution in [2.45, 2.75) is 33.4 Å². The first-order chi connectivity index (χ1) is 10.0. The first-order valence-electron chi connectivity index (χ1n) is 6.89. The number of rotatable bonds is 4. The standard InChI is InChI=1S/C14H22N6O.HI/c1-9-6-7-12(21-9)10(2)17-14(15-4)16-8-13-19-18-11(3)20(13)5;/h6-7,10H,8H2,1-5H3,(H2,15,16,17);1H. The van der Waals surface area contributed by atoms with Crippen LogP contribution in [0.2, 0.25) is 0 Å². The van der Waals surface area contributed by atoms with Gasteiger partial charge in [-0.1, -0.05) is 0 Å². The summed E-state index contributed by atoms with van der Waals surface area (Å²) in [7, 11) is 3.67. The fourth-order valence-electron chi connectivity index (χ4n) is 1.92. The Bertz CT molecular complexity index is 633. The van der Waals surface area contributed by atoms with E-state index in [4.69, 9.17) is 4.42 Å². The highest BCUT2D eigenvalue weighted by atomic mass is 127. The van der Waals surface area contributed by atoms with Gasteiger partial charge in [0.1, 0.15) is 17.3 Å². The minimum atomic E-state index is 0. The lowest BCUT2D eigenvalue weighted by atomic mass is 10.2. The monoisotopic (exact) mass is 418 g/mol. The maximum absolute atomic E-state index is 5.60. The van der Waals surface area contributed by atoms with Gasteiger partial charge in [-0.05, 0) is 32.9 Å². The van der Waals surface area contributed by atoms with E-state index in [0.717, 1.165) is 23.2 Å². The van der Waals surface area contributed by atoms with Crippen molar-refractivity contribution in [3.8, 4) is 0 Å². The summed E-state index contributed by atoms with van der Waals surface area (Å²) in [5.74, 6) is 4.21. The number of hydrogen-bond donors (Lipinski definition) is 2. The molecule has 0 aliphatic rings. The normalized spacial score (nSPS) is 12.7. The van der Waals surface area contributed by atoms with Crippen LogP contribution in [0, 0.1) is 13.8 Å². The molecule has 1 atom stereocenters. The smallest absolute Gasteiger partial charge is 0.191 e. The highest BCUT2D eigenvalue weighted by Gasteiger charge is 2.12. The summed E-state index contributed by atoms with van der Waals surface area (Å²) < 4.78 is 7.55. The molecule has 0 saturated carbocycles. The SMILES string of the molecule is CN=C(NCc1nnc(C)n1C)NC(C)c1ccc(C)o1.I. The average molecular weight is 418 g/mol. The van der Waals surface area contributed by atoms with Crippen LogP contribution in [-0.4, -0.2) is 27.8 Å². The highest BCUT2D eigenvalue weighted by Crippen LogP contribution is 2.15. The predicted octanol–water partition coefficient (Wildman–Crippen LogP) is 2.07. The summed E-state index contributed by atoms with van der Waals surface area (Å²) in [6.07, 6.45) is 0. The molecule has 0 aliphatic carbocycles. The molecule has 0 fully saturated rings. The van der Waals surface area contributed by atoms with E-state index in [1.807, 2.05) is 44.5 Å². The molecule has 7 nitrogen and oxygen atoms in total. The zero-order chi connectivity index (χ0) is 15.4. The van der Waals surface area contributed by atoms with Crippen molar-refractivity contribution < 1.29 is 4.42 Å². The van der Waals surface area contributed by atoms with Crippen LogP contribution in [0.5, 0.6) is 0 Å². The molecule has 2 aromatic heterocycles. The van der Waals surface area contributed by atoms with Gasteiger partial charge in [0.25, 0.3) is 0 Å². The van der Waals surface area contributed by atoms with Gasteiger partial charge in [-0.25, -0.2) is 0 Å². The molecule has 0 spiro atoms. The summed E-state index contributed by atoms with van der Waals surface area (Å²) >= 11 is 0. The summed E-state index contributed by atoms with van der Waals surface area (Å²) in [4.78, 5) is 4.21. The molecule has 2 aromatic rings. The van der Waals surface area contributed by atoms with Gasteiger partial charge < -0.3 is 19.6 Å². The first-order valence-corrected chi connectivity index (χ1v) is 6.89. The van der Waals surface area contributed by atoms with Crippen molar-refractivity contribution in [2.24, 2.45) is 12.0 Å². The van der Waals surface area contributed by atoms with Crippen LogP contribution in [0.4, 0.5) is 0 Å². The lowest BCUT2D eigenvalue weighted by Crippen LogP contribution is -2.38. The van der Waals surface area contributed by atoms with Gasteiger partial charge in [0.15, 0.2) is 11.8 Å². The average Bonchev–Trinajstić information content (AvgIpc) is 3.03. The van der Waals surface area contributed by atoms with E-state index in [2.05, 4.69) is 25.8 Å². The van der Waals surface area contributed by atoms with E-state index in [0.29, 0.717) is 12.5 Å². The number of nitrogens with one attached hydrogen (secondary N) is 2. The Labute approximate surface area is 147 Å². The molecule has 2 heterocycles. The number of furan rings is 1. The van der Waals surface area contributed by atoms with Crippen LogP contribution in [-0.2, 0) is 13.6 Å². The number of halogens is 1. The van der Waals surface area contributed by atoms with Gasteiger partial charge in [0.05, 0.1) is 12.6 Å². The van der Waals surface area contributed by atoms with Crippen LogP contribution in [0.15, 0.2) is 21.5 Å². The van der Waals surface area contributed by atoms with Gasteiger partial charge in [-0.15, -0.1) is 34.2 Å². The molecule has 0 bridgehead atoms. The van der Waals surface area contributed by atoms with Crippen molar-refractivity contribution >= 4 is 29.9 Å². The maximum Gasteiger partial charge on any atom is 0.191 e. The van der Waals surface area contributed by atoms with E-state index in [1.54, 1.807) is 7.05 Å². The minimum Gasteiger partial charge on any atom is -0.464 e. The van der Waals surface area contributed by atoms with Crippen LogP contribution < -0.4 is 10.6 Å². The van der Waals surface area contributed by atoms with Crippen molar-refractivity contribution in [3.63, 3.8) is 0 Å². The van der Waals surface area contributed by atoms with Crippen molar-refractivity contribution in [2.75, 3.05) is 7.05 Å². The van der Waals surface area contributed by atoms with Gasteiger partial charge in [0.2, 0.25) is 0 Å². The molecule has 0 aromatic carbocycles. The van der Waals surface area contributed by atoms with Gasteiger partial charge >= 0.3 is 0 Å². The van der Waals surface area contributed by atoms with E-state index < -0.39 is 0 Å². The van der Waals surface area contributed by atoms with Gasteiger partial charge in [0, 0.05) is 14.1 Å². The summed E-state index contributed by atoms with van der Waals surface area (Å²) in [5.41, 5.74) is 0. The third kappa shape index (κ3) is 4.46. The fraction of sp³-hybridized carbons (Fsp3) is 0.500. The quantitative estimate of drug-likeness (QED) is 0.452. The summed E-state index contributed by atoms with van der Waals surface area (Å²) in [5, 5.41) is 14.6. The third-order valence-corrected chi connectivity index (χ3v) is 3.36. The minimum absolute atomic E-state index is 0. The van der Waals surface area contributed by atoms with Crippen LogP contribution >= 0.6 is 24.0 Å². The molecular formula is C14H23IN6O. The van der Waals surface area contributed by atoms with Gasteiger partial charge in [-0.3, -0.25) is 4.99 Å². The first kappa shape index (κ1) is 18.5. The molecule has 2 rings (SSSR count). The number of nitrogens with zero attached hydrogens (tertiary/aromatic N) is 4. The highest BCUT2D eigenvalue weighted by molar-refractivity contribution is 14.0. The molecule has 22 heavy (non-hydrogen) atoms. The Morgan fingerprint density at radius 2 is 2.09 bits per heavy atom. The largest absolute Gasteiger partial charge is 0.464 e. The van der Waals surface area contributed by atoms with E-state index in [-0.39, 0.29) is 30.0 Å². The Balaban J connectivity index is 0.00000242. The molecular weight excluding hydrogens is 395 g/mol. The molecule has 2 N–H and O–H groups in total. The van der Waals surface area contributed by atoms with Crippen molar-refractivity contribution in [3.05, 3.63) is 35.3 Å². The predicted molar refractivity (Wildman–Crippen MR) is 96.3 cm³/mol. The Hall–Kier alpha value is -1.58. The Kier molecular flexibility index (Phi) is 6.85. The number of hydrogen-bond acceptors (Lipinski definition) is 4. The molecule has 0 amide bonds. The summed E-state index contributed by atoms with van der Waals surface area (Å²) in [6.45, 7) is 6.43. The zero-order valence-electron chi connectivity index (χ0n) is 13.5. The maximum atomic E-state index is 5.60. The second-order valence-electron chi connectivity index (χ2n) is 4.96.